The normalized spacial score (nSPS) is 12.7. The van der Waals surface area contributed by atoms with E-state index in [4.69, 9.17) is 0 Å². The Morgan fingerprint density at radius 2 is 1.96 bits per heavy atom. The highest BCUT2D eigenvalue weighted by Gasteiger charge is 2.19. The number of thioether (sulfide) groups is 1. The van der Waals surface area contributed by atoms with E-state index in [9.17, 15) is 13.2 Å². The van der Waals surface area contributed by atoms with E-state index >= 15 is 0 Å². The fraction of sp³-hybridized carbons (Fsp3) is 0.353. The van der Waals surface area contributed by atoms with Gasteiger partial charge in [-0.2, -0.15) is 0 Å². The van der Waals surface area contributed by atoms with Crippen molar-refractivity contribution in [2.24, 2.45) is 0 Å². The average molecular weight is 410 g/mol. The maximum atomic E-state index is 12.4. The van der Waals surface area contributed by atoms with Crippen LogP contribution in [0.25, 0.3) is 0 Å². The Kier molecular flexibility index (Phi) is 7.17. The van der Waals surface area contributed by atoms with Gasteiger partial charge in [0.25, 0.3) is 0 Å². The summed E-state index contributed by atoms with van der Waals surface area (Å²) in [4.78, 5) is 12.5. The molecule has 0 bridgehead atoms. The van der Waals surface area contributed by atoms with Gasteiger partial charge in [-0.15, -0.1) is 16.8 Å². The predicted molar refractivity (Wildman–Crippen MR) is 106 cm³/mol. The molecule has 8 nitrogen and oxygen atoms in total. The van der Waals surface area contributed by atoms with Crippen LogP contribution in [0.2, 0.25) is 0 Å². The second-order valence-corrected chi connectivity index (χ2v) is 9.13. The first-order valence-electron chi connectivity index (χ1n) is 8.31. The maximum Gasteiger partial charge on any atom is 0.240 e. The summed E-state index contributed by atoms with van der Waals surface area (Å²) < 4.78 is 28.6. The van der Waals surface area contributed by atoms with Crippen LogP contribution in [-0.2, 0) is 21.4 Å². The van der Waals surface area contributed by atoms with E-state index in [1.807, 2.05) is 0 Å². The van der Waals surface area contributed by atoms with Crippen molar-refractivity contribution < 1.29 is 13.2 Å². The molecule has 2 rings (SSSR count). The second-order valence-electron chi connectivity index (χ2n) is 6.10. The number of carbonyl (C=O) groups is 1. The van der Waals surface area contributed by atoms with Crippen LogP contribution < -0.4 is 10.0 Å². The first-order valence-corrected chi connectivity index (χ1v) is 10.7. The molecule has 0 fully saturated rings. The Bertz CT molecular complexity index is 892. The van der Waals surface area contributed by atoms with Crippen LogP contribution >= 0.6 is 11.8 Å². The highest BCUT2D eigenvalue weighted by Crippen LogP contribution is 2.22. The number of hydrogen-bond donors (Lipinski definition) is 2. The number of sulfonamides is 1. The van der Waals surface area contributed by atoms with Gasteiger partial charge in [0.15, 0.2) is 5.16 Å². The molecule has 0 aliphatic carbocycles. The maximum absolute atomic E-state index is 12.4. The lowest BCUT2D eigenvalue weighted by molar-refractivity contribution is -0.115. The van der Waals surface area contributed by atoms with Gasteiger partial charge in [0.1, 0.15) is 6.33 Å². The van der Waals surface area contributed by atoms with Gasteiger partial charge in [-0.1, -0.05) is 17.8 Å². The zero-order valence-electron chi connectivity index (χ0n) is 15.4. The number of carbonyl (C=O) groups excluding carboxylic acids is 1. The van der Waals surface area contributed by atoms with Crippen molar-refractivity contribution in [3.63, 3.8) is 0 Å². The molecular formula is C17H23N5O3S2. The smallest absolute Gasteiger partial charge is 0.240 e. The minimum absolute atomic E-state index is 0.147. The Labute approximate surface area is 163 Å². The molecule has 0 saturated carbocycles. The molecule has 0 saturated heterocycles. The van der Waals surface area contributed by atoms with Crippen molar-refractivity contribution >= 4 is 33.4 Å². The first-order chi connectivity index (χ1) is 12.7. The van der Waals surface area contributed by atoms with Crippen LogP contribution in [0.15, 0.2) is 53.3 Å². The molecule has 0 spiro atoms. The molecule has 1 aromatic heterocycles. The Morgan fingerprint density at radius 3 is 2.56 bits per heavy atom. The van der Waals surface area contributed by atoms with Crippen molar-refractivity contribution in [3.8, 4) is 0 Å². The number of nitrogens with zero attached hydrogens (tertiary/aromatic N) is 3. The molecule has 1 aromatic carbocycles. The van der Waals surface area contributed by atoms with Gasteiger partial charge >= 0.3 is 0 Å². The number of rotatable bonds is 9. The van der Waals surface area contributed by atoms with Gasteiger partial charge in [0, 0.05) is 18.3 Å². The number of anilines is 1. The summed E-state index contributed by atoms with van der Waals surface area (Å²) in [6.07, 6.45) is 3.31. The molecule has 0 aliphatic rings. The van der Waals surface area contributed by atoms with Crippen LogP contribution in [0, 0.1) is 0 Å². The zero-order valence-corrected chi connectivity index (χ0v) is 17.0. The number of nitrogens with one attached hydrogen (secondary N) is 2. The molecular weight excluding hydrogens is 386 g/mol. The van der Waals surface area contributed by atoms with Crippen LogP contribution in [0.4, 0.5) is 5.69 Å². The quantitative estimate of drug-likeness (QED) is 0.486. The second kappa shape index (κ2) is 9.16. The minimum Gasteiger partial charge on any atom is -0.325 e. The Morgan fingerprint density at radius 1 is 1.30 bits per heavy atom. The molecule has 0 unspecified atom stereocenters. The molecule has 1 atom stereocenters. The highest BCUT2D eigenvalue weighted by atomic mass is 32.2. The minimum atomic E-state index is -3.56. The van der Waals surface area contributed by atoms with Crippen molar-refractivity contribution in [2.45, 2.75) is 48.7 Å². The highest BCUT2D eigenvalue weighted by molar-refractivity contribution is 8.00. The molecule has 1 amide bonds. The number of aromatic nitrogens is 3. The summed E-state index contributed by atoms with van der Waals surface area (Å²) in [5, 5.41) is 10.8. The van der Waals surface area contributed by atoms with E-state index in [-0.39, 0.29) is 16.8 Å². The summed E-state index contributed by atoms with van der Waals surface area (Å²) in [6.45, 7) is 9.50. The predicted octanol–water partition coefficient (Wildman–Crippen LogP) is 2.27. The lowest BCUT2D eigenvalue weighted by Gasteiger charge is -2.13. The van der Waals surface area contributed by atoms with E-state index < -0.39 is 15.3 Å². The Hall–Kier alpha value is -2.17. The van der Waals surface area contributed by atoms with Crippen LogP contribution in [0.5, 0.6) is 0 Å². The van der Waals surface area contributed by atoms with E-state index in [1.54, 1.807) is 49.9 Å². The Balaban J connectivity index is 2.01. The summed E-state index contributed by atoms with van der Waals surface area (Å²) >= 11 is 1.28. The largest absolute Gasteiger partial charge is 0.325 e. The van der Waals surface area contributed by atoms with Crippen molar-refractivity contribution in [3.05, 3.63) is 43.2 Å². The molecule has 1 heterocycles. The lowest BCUT2D eigenvalue weighted by atomic mass is 10.3. The monoisotopic (exact) mass is 409 g/mol. The topological polar surface area (TPSA) is 106 Å². The molecule has 0 radical (unpaired) electrons. The third-order valence-corrected chi connectivity index (χ3v) is 6.15. The van der Waals surface area contributed by atoms with Gasteiger partial charge in [0.05, 0.1) is 10.1 Å². The number of amides is 1. The van der Waals surface area contributed by atoms with Crippen LogP contribution in [-0.4, -0.2) is 40.4 Å². The molecule has 2 N–H and O–H groups in total. The summed E-state index contributed by atoms with van der Waals surface area (Å²) in [7, 11) is -3.56. The third-order valence-electron chi connectivity index (χ3n) is 3.38. The molecule has 10 heteroatoms. The van der Waals surface area contributed by atoms with Crippen molar-refractivity contribution in [1.82, 2.24) is 19.5 Å². The van der Waals surface area contributed by atoms with Gasteiger partial charge in [-0.05, 0) is 45.0 Å². The van der Waals surface area contributed by atoms with Gasteiger partial charge in [0.2, 0.25) is 15.9 Å². The van der Waals surface area contributed by atoms with Gasteiger partial charge in [-0.25, -0.2) is 13.1 Å². The van der Waals surface area contributed by atoms with Crippen LogP contribution in [0.3, 0.4) is 0 Å². The van der Waals surface area contributed by atoms with Crippen molar-refractivity contribution in [1.29, 1.82) is 0 Å². The van der Waals surface area contributed by atoms with E-state index in [1.165, 1.54) is 23.9 Å². The number of benzene rings is 1. The third kappa shape index (κ3) is 5.91. The van der Waals surface area contributed by atoms with Gasteiger partial charge < -0.3 is 9.88 Å². The molecule has 146 valence electrons. The van der Waals surface area contributed by atoms with Crippen molar-refractivity contribution in [2.75, 3.05) is 5.32 Å². The fourth-order valence-corrected chi connectivity index (χ4v) is 4.24. The summed E-state index contributed by atoms with van der Waals surface area (Å²) in [5.74, 6) is -0.218. The SMILES string of the molecule is C=CCn1cnnc1S[C@@H](C)C(=O)Nc1ccc(S(=O)(=O)NC(C)C)cc1. The molecule has 2 aromatic rings. The van der Waals surface area contributed by atoms with E-state index in [0.29, 0.717) is 17.4 Å². The zero-order chi connectivity index (χ0) is 20.0. The fourth-order valence-electron chi connectivity index (χ4n) is 2.15. The number of hydrogen-bond acceptors (Lipinski definition) is 6. The van der Waals surface area contributed by atoms with Crippen LogP contribution in [0.1, 0.15) is 20.8 Å². The molecule has 27 heavy (non-hydrogen) atoms. The first kappa shape index (κ1) is 21.1. The summed E-state index contributed by atoms with van der Waals surface area (Å²) in [6, 6.07) is 5.84. The van der Waals surface area contributed by atoms with E-state index in [0.717, 1.165) is 0 Å². The molecule has 0 aliphatic heterocycles. The average Bonchev–Trinajstić information content (AvgIpc) is 3.01. The number of allylic oxidation sites excluding steroid dienone is 1. The lowest BCUT2D eigenvalue weighted by Crippen LogP contribution is -2.30. The van der Waals surface area contributed by atoms with Gasteiger partial charge in [-0.3, -0.25) is 4.79 Å². The van der Waals surface area contributed by atoms with E-state index in [2.05, 4.69) is 26.8 Å². The standard InChI is InChI=1S/C17H23N5O3S2/c1-5-10-22-11-18-20-17(22)26-13(4)16(23)19-14-6-8-15(9-7-14)27(24,25)21-12(2)3/h5-9,11-13,21H,1,10H2,2-4H3,(H,19,23)/t13-/m0/s1. The summed E-state index contributed by atoms with van der Waals surface area (Å²) in [5.41, 5.74) is 0.517.